The lowest BCUT2D eigenvalue weighted by Gasteiger charge is -2.07. The zero-order chi connectivity index (χ0) is 24.3. The number of hydrogen-bond acceptors (Lipinski definition) is 5. The SMILES string of the molecule is CC(CC(=O)c1ccc(-c2ccc(F)cc2F)cc1)C(=O)O.NCCCCC(N)C(=O)O. The Morgan fingerprint density at radius 1 is 0.969 bits per heavy atom. The molecular weight excluding hydrogens is 422 g/mol. The fourth-order valence-corrected chi connectivity index (χ4v) is 2.67. The summed E-state index contributed by atoms with van der Waals surface area (Å²) in [6, 6.07) is 8.68. The van der Waals surface area contributed by atoms with Crippen molar-refractivity contribution in [2.24, 2.45) is 17.4 Å². The number of ketones is 1. The Kier molecular flexibility index (Phi) is 11.2. The minimum atomic E-state index is -1.03. The third-order valence-corrected chi connectivity index (χ3v) is 4.65. The molecule has 2 aromatic rings. The molecule has 0 aliphatic heterocycles. The Bertz CT molecular complexity index is 919. The molecule has 0 radical (unpaired) electrons. The number of nitrogens with two attached hydrogens (primary N) is 2. The van der Waals surface area contributed by atoms with Gasteiger partial charge in [0.05, 0.1) is 5.92 Å². The number of benzene rings is 2. The summed E-state index contributed by atoms with van der Waals surface area (Å²) in [7, 11) is 0. The summed E-state index contributed by atoms with van der Waals surface area (Å²) in [4.78, 5) is 32.8. The van der Waals surface area contributed by atoms with Crippen molar-refractivity contribution in [2.75, 3.05) is 6.54 Å². The molecule has 0 fully saturated rings. The number of carboxylic acids is 2. The van der Waals surface area contributed by atoms with Gasteiger partial charge in [0.15, 0.2) is 5.78 Å². The van der Waals surface area contributed by atoms with Gasteiger partial charge >= 0.3 is 11.9 Å². The summed E-state index contributed by atoms with van der Waals surface area (Å²) in [5.74, 6) is -4.35. The van der Waals surface area contributed by atoms with Crippen molar-refractivity contribution < 1.29 is 33.4 Å². The second-order valence-corrected chi connectivity index (χ2v) is 7.30. The Morgan fingerprint density at radius 3 is 2.09 bits per heavy atom. The van der Waals surface area contributed by atoms with Crippen LogP contribution in [-0.4, -0.2) is 40.5 Å². The first kappa shape index (κ1) is 26.9. The largest absolute Gasteiger partial charge is 0.481 e. The minimum absolute atomic E-state index is 0.0976. The van der Waals surface area contributed by atoms with E-state index in [1.807, 2.05) is 0 Å². The number of hydrogen-bond donors (Lipinski definition) is 4. The summed E-state index contributed by atoms with van der Waals surface area (Å²) in [5.41, 5.74) is 11.5. The summed E-state index contributed by atoms with van der Waals surface area (Å²) < 4.78 is 26.6. The molecule has 32 heavy (non-hydrogen) atoms. The normalized spacial score (nSPS) is 12.3. The number of carbonyl (C=O) groups excluding carboxylic acids is 1. The minimum Gasteiger partial charge on any atom is -0.481 e. The molecule has 2 atom stereocenters. The van der Waals surface area contributed by atoms with E-state index in [0.29, 0.717) is 24.1 Å². The van der Waals surface area contributed by atoms with Crippen molar-refractivity contribution in [3.8, 4) is 11.1 Å². The molecule has 2 unspecified atom stereocenters. The third-order valence-electron chi connectivity index (χ3n) is 4.65. The molecule has 0 saturated carbocycles. The molecule has 7 nitrogen and oxygen atoms in total. The van der Waals surface area contributed by atoms with Gasteiger partial charge in [-0.1, -0.05) is 37.6 Å². The van der Waals surface area contributed by atoms with Gasteiger partial charge in [-0.2, -0.15) is 0 Å². The number of halogens is 2. The van der Waals surface area contributed by atoms with Crippen LogP contribution in [0.25, 0.3) is 11.1 Å². The van der Waals surface area contributed by atoms with E-state index < -0.39 is 35.5 Å². The average Bonchev–Trinajstić information content (AvgIpc) is 2.74. The van der Waals surface area contributed by atoms with Crippen LogP contribution in [0.2, 0.25) is 0 Å². The van der Waals surface area contributed by atoms with Crippen LogP contribution in [-0.2, 0) is 9.59 Å². The number of aliphatic carboxylic acids is 2. The predicted molar refractivity (Wildman–Crippen MR) is 116 cm³/mol. The standard InChI is InChI=1S/C17H14F2O3.C6H14N2O2/c1-10(17(21)22)8-16(20)12-4-2-11(3-5-12)14-7-6-13(18)9-15(14)19;7-4-2-1-3-5(8)6(9)10/h2-7,9-10H,8H2,1H3,(H,21,22);5H,1-4,7-8H2,(H,9,10). The van der Waals surface area contributed by atoms with Crippen molar-refractivity contribution in [1.82, 2.24) is 0 Å². The maximum absolute atomic E-state index is 13.7. The van der Waals surface area contributed by atoms with E-state index in [2.05, 4.69) is 0 Å². The summed E-state index contributed by atoms with van der Waals surface area (Å²) in [5, 5.41) is 17.1. The molecule has 0 spiro atoms. The quantitative estimate of drug-likeness (QED) is 0.320. The zero-order valence-corrected chi connectivity index (χ0v) is 17.8. The van der Waals surface area contributed by atoms with Crippen molar-refractivity contribution in [3.05, 3.63) is 59.7 Å². The number of rotatable bonds is 10. The van der Waals surface area contributed by atoms with Gasteiger partial charge in [-0.05, 0) is 37.1 Å². The van der Waals surface area contributed by atoms with Crippen LogP contribution < -0.4 is 11.5 Å². The van der Waals surface area contributed by atoms with Crippen molar-refractivity contribution in [3.63, 3.8) is 0 Å². The van der Waals surface area contributed by atoms with E-state index in [9.17, 15) is 23.2 Å². The van der Waals surface area contributed by atoms with Gasteiger partial charge in [-0.3, -0.25) is 14.4 Å². The Labute approximate surface area is 185 Å². The van der Waals surface area contributed by atoms with E-state index in [-0.39, 0.29) is 17.8 Å². The molecule has 0 aromatic heterocycles. The monoisotopic (exact) mass is 450 g/mol. The third kappa shape index (κ3) is 8.91. The van der Waals surface area contributed by atoms with E-state index in [4.69, 9.17) is 21.7 Å². The van der Waals surface area contributed by atoms with Gasteiger partial charge in [-0.15, -0.1) is 0 Å². The molecule has 0 amide bonds. The van der Waals surface area contributed by atoms with Gasteiger partial charge in [0.1, 0.15) is 17.7 Å². The lowest BCUT2D eigenvalue weighted by atomic mass is 9.97. The first-order chi connectivity index (χ1) is 15.1. The molecule has 0 heterocycles. The Hall–Kier alpha value is -3.17. The molecule has 6 N–H and O–H groups in total. The molecule has 0 aliphatic carbocycles. The molecule has 0 saturated heterocycles. The average molecular weight is 450 g/mol. The van der Waals surface area contributed by atoms with Gasteiger partial charge in [0.25, 0.3) is 0 Å². The van der Waals surface area contributed by atoms with Crippen LogP contribution in [0.1, 0.15) is 43.0 Å². The molecule has 2 aromatic carbocycles. The second-order valence-electron chi connectivity index (χ2n) is 7.30. The van der Waals surface area contributed by atoms with Crippen molar-refractivity contribution >= 4 is 17.7 Å². The highest BCUT2D eigenvalue weighted by molar-refractivity contribution is 5.98. The van der Waals surface area contributed by atoms with Crippen molar-refractivity contribution in [2.45, 2.75) is 38.6 Å². The van der Waals surface area contributed by atoms with Crippen LogP contribution >= 0.6 is 0 Å². The molecule has 0 bridgehead atoms. The molecule has 2 rings (SSSR count). The van der Waals surface area contributed by atoms with Crippen LogP contribution in [0.15, 0.2) is 42.5 Å². The van der Waals surface area contributed by atoms with Gasteiger partial charge < -0.3 is 21.7 Å². The highest BCUT2D eigenvalue weighted by Gasteiger charge is 2.17. The van der Waals surface area contributed by atoms with E-state index in [0.717, 1.165) is 25.0 Å². The lowest BCUT2D eigenvalue weighted by Crippen LogP contribution is -2.29. The summed E-state index contributed by atoms with van der Waals surface area (Å²) >= 11 is 0. The number of carboxylic acid groups (broad SMARTS) is 2. The topological polar surface area (TPSA) is 144 Å². The first-order valence-corrected chi connectivity index (χ1v) is 10.1. The highest BCUT2D eigenvalue weighted by Crippen LogP contribution is 2.24. The van der Waals surface area contributed by atoms with E-state index in [1.165, 1.54) is 25.1 Å². The maximum atomic E-state index is 13.7. The predicted octanol–water partition coefficient (Wildman–Crippen LogP) is 3.45. The van der Waals surface area contributed by atoms with Crippen LogP contribution in [0.3, 0.4) is 0 Å². The van der Waals surface area contributed by atoms with E-state index >= 15 is 0 Å². The molecule has 9 heteroatoms. The number of unbranched alkanes of at least 4 members (excludes halogenated alkanes) is 1. The fourth-order valence-electron chi connectivity index (χ4n) is 2.67. The fraction of sp³-hybridized carbons (Fsp3) is 0.348. The van der Waals surface area contributed by atoms with Gasteiger partial charge in [0.2, 0.25) is 0 Å². The van der Waals surface area contributed by atoms with Crippen LogP contribution in [0.4, 0.5) is 8.78 Å². The number of carbonyl (C=O) groups is 3. The number of Topliss-reactive ketones (excluding diaryl/α,β-unsaturated/α-hetero) is 1. The Morgan fingerprint density at radius 2 is 1.59 bits per heavy atom. The summed E-state index contributed by atoms with van der Waals surface area (Å²) in [6.07, 6.45) is 2.07. The van der Waals surface area contributed by atoms with E-state index in [1.54, 1.807) is 12.1 Å². The second kappa shape index (κ2) is 13.3. The first-order valence-electron chi connectivity index (χ1n) is 10.1. The molecule has 174 valence electrons. The zero-order valence-electron chi connectivity index (χ0n) is 17.8. The molecular formula is C23H28F2N2O5. The highest BCUT2D eigenvalue weighted by atomic mass is 19.1. The van der Waals surface area contributed by atoms with Crippen molar-refractivity contribution in [1.29, 1.82) is 0 Å². The maximum Gasteiger partial charge on any atom is 0.320 e. The Balaban J connectivity index is 0.000000433. The molecule has 0 aliphatic rings. The smallest absolute Gasteiger partial charge is 0.320 e. The lowest BCUT2D eigenvalue weighted by molar-refractivity contribution is -0.141. The van der Waals surface area contributed by atoms with Crippen LogP contribution in [0, 0.1) is 17.6 Å². The summed E-state index contributed by atoms with van der Waals surface area (Å²) in [6.45, 7) is 2.06. The van der Waals surface area contributed by atoms with Gasteiger partial charge in [-0.25, -0.2) is 8.78 Å². The van der Waals surface area contributed by atoms with Gasteiger partial charge in [0, 0.05) is 23.6 Å². The van der Waals surface area contributed by atoms with Crippen LogP contribution in [0.5, 0.6) is 0 Å².